The van der Waals surface area contributed by atoms with E-state index in [1.165, 1.54) is 5.56 Å². The predicted octanol–water partition coefficient (Wildman–Crippen LogP) is 2.39. The summed E-state index contributed by atoms with van der Waals surface area (Å²) in [6.45, 7) is 2.91. The highest BCUT2D eigenvalue weighted by molar-refractivity contribution is 5.75. The first-order valence-corrected chi connectivity index (χ1v) is 9.53. The van der Waals surface area contributed by atoms with Crippen molar-refractivity contribution in [1.82, 2.24) is 19.5 Å². The number of aryl methyl sites for hydroxylation is 4. The maximum atomic E-state index is 12.9. The molecule has 27 heavy (non-hydrogen) atoms. The van der Waals surface area contributed by atoms with Gasteiger partial charge in [0.1, 0.15) is 5.52 Å². The molecule has 0 saturated carbocycles. The molecule has 1 aromatic carbocycles. The average molecular weight is 364 g/mol. The molecule has 3 aromatic rings. The minimum Gasteiger partial charge on any atom is -0.352 e. The maximum absolute atomic E-state index is 12.9. The van der Waals surface area contributed by atoms with Crippen molar-refractivity contribution >= 4 is 11.4 Å². The molecule has 1 amide bonds. The molecule has 4 rings (SSSR count). The lowest BCUT2D eigenvalue weighted by atomic mass is 9.97. The van der Waals surface area contributed by atoms with Crippen molar-refractivity contribution in [3.05, 3.63) is 69.4 Å². The number of fused-ring (bicyclic) bond motifs is 3. The van der Waals surface area contributed by atoms with Crippen LogP contribution in [-0.2, 0) is 30.7 Å². The topological polar surface area (TPSA) is 68.4 Å². The van der Waals surface area contributed by atoms with Crippen LogP contribution in [0.4, 0.5) is 0 Å². The Hall–Kier alpha value is -2.89. The number of nitrogens with zero attached hydrogens (tertiary/aromatic N) is 3. The van der Waals surface area contributed by atoms with Crippen LogP contribution in [0.2, 0.25) is 0 Å². The van der Waals surface area contributed by atoms with Gasteiger partial charge in [-0.1, -0.05) is 29.8 Å². The SMILES string of the molecule is Cc1cccc(CNC(=O)CCn2ccn3nc4c(c3c2=O)CCCC4)c1. The van der Waals surface area contributed by atoms with Gasteiger partial charge in [-0.05, 0) is 38.2 Å². The number of hydrogen-bond donors (Lipinski definition) is 1. The summed E-state index contributed by atoms with van der Waals surface area (Å²) in [6, 6.07) is 8.07. The minimum atomic E-state index is -0.0567. The zero-order valence-corrected chi connectivity index (χ0v) is 15.6. The maximum Gasteiger partial charge on any atom is 0.276 e. The van der Waals surface area contributed by atoms with Crippen molar-refractivity contribution in [3.8, 4) is 0 Å². The van der Waals surface area contributed by atoms with Crippen LogP contribution in [0.15, 0.2) is 41.5 Å². The van der Waals surface area contributed by atoms with Crippen LogP contribution in [0.1, 0.15) is 41.6 Å². The van der Waals surface area contributed by atoms with Gasteiger partial charge in [0.15, 0.2) is 0 Å². The van der Waals surface area contributed by atoms with Crippen molar-refractivity contribution in [3.63, 3.8) is 0 Å². The Labute approximate surface area is 157 Å². The van der Waals surface area contributed by atoms with Gasteiger partial charge in [-0.2, -0.15) is 5.10 Å². The molecule has 0 radical (unpaired) electrons. The summed E-state index contributed by atoms with van der Waals surface area (Å²) in [6.07, 6.45) is 7.91. The highest BCUT2D eigenvalue weighted by Crippen LogP contribution is 2.22. The van der Waals surface area contributed by atoms with Crippen molar-refractivity contribution in [2.24, 2.45) is 0 Å². The lowest BCUT2D eigenvalue weighted by Gasteiger charge is -2.10. The molecule has 140 valence electrons. The van der Waals surface area contributed by atoms with Crippen molar-refractivity contribution in [2.45, 2.75) is 52.1 Å². The zero-order chi connectivity index (χ0) is 18.8. The Morgan fingerprint density at radius 3 is 2.93 bits per heavy atom. The van der Waals surface area contributed by atoms with E-state index in [4.69, 9.17) is 0 Å². The first kappa shape index (κ1) is 17.5. The molecular weight excluding hydrogens is 340 g/mol. The second-order valence-electron chi connectivity index (χ2n) is 7.24. The van der Waals surface area contributed by atoms with Gasteiger partial charge in [-0.3, -0.25) is 9.59 Å². The van der Waals surface area contributed by atoms with Crippen LogP contribution < -0.4 is 10.9 Å². The van der Waals surface area contributed by atoms with E-state index in [-0.39, 0.29) is 17.9 Å². The lowest BCUT2D eigenvalue weighted by Crippen LogP contribution is -2.28. The Morgan fingerprint density at radius 1 is 1.22 bits per heavy atom. The number of benzene rings is 1. The standard InChI is InChI=1S/C21H24N4O2/c1-15-5-4-6-16(13-15)14-22-19(26)9-10-24-11-12-25-20(21(24)27)17-7-2-3-8-18(17)23-25/h4-6,11-13H,2-3,7-10,14H2,1H3,(H,22,26). The summed E-state index contributed by atoms with van der Waals surface area (Å²) < 4.78 is 3.32. The van der Waals surface area contributed by atoms with Gasteiger partial charge < -0.3 is 9.88 Å². The van der Waals surface area contributed by atoms with E-state index in [1.807, 2.05) is 31.3 Å². The first-order chi connectivity index (χ1) is 13.1. The van der Waals surface area contributed by atoms with Gasteiger partial charge in [-0.25, -0.2) is 4.52 Å². The molecule has 6 nitrogen and oxygen atoms in total. The van der Waals surface area contributed by atoms with Crippen LogP contribution in [0.3, 0.4) is 0 Å². The lowest BCUT2D eigenvalue weighted by molar-refractivity contribution is -0.121. The molecule has 1 aliphatic rings. The molecule has 0 unspecified atom stereocenters. The second-order valence-corrected chi connectivity index (χ2v) is 7.24. The summed E-state index contributed by atoms with van der Waals surface area (Å²) in [5.74, 6) is -0.0567. The Balaban J connectivity index is 1.43. The number of nitrogens with one attached hydrogen (secondary N) is 1. The highest BCUT2D eigenvalue weighted by Gasteiger charge is 2.19. The third-order valence-corrected chi connectivity index (χ3v) is 5.19. The number of amides is 1. The number of hydrogen-bond acceptors (Lipinski definition) is 3. The van der Waals surface area contributed by atoms with Crippen LogP contribution in [0.5, 0.6) is 0 Å². The van der Waals surface area contributed by atoms with Crippen molar-refractivity contribution in [2.75, 3.05) is 0 Å². The Morgan fingerprint density at radius 2 is 2.07 bits per heavy atom. The molecule has 0 aliphatic heterocycles. The van der Waals surface area contributed by atoms with Crippen LogP contribution in [-0.4, -0.2) is 20.1 Å². The van der Waals surface area contributed by atoms with Gasteiger partial charge in [-0.15, -0.1) is 0 Å². The number of carbonyl (C=O) groups is 1. The molecule has 2 aromatic heterocycles. The van der Waals surface area contributed by atoms with Gasteiger partial charge in [0.05, 0.1) is 5.69 Å². The number of rotatable bonds is 5. The van der Waals surface area contributed by atoms with Gasteiger partial charge in [0.25, 0.3) is 5.56 Å². The third kappa shape index (κ3) is 3.65. The zero-order valence-electron chi connectivity index (χ0n) is 15.6. The van der Waals surface area contributed by atoms with E-state index >= 15 is 0 Å². The van der Waals surface area contributed by atoms with Gasteiger partial charge in [0.2, 0.25) is 5.91 Å². The van der Waals surface area contributed by atoms with Crippen LogP contribution in [0, 0.1) is 6.92 Å². The van der Waals surface area contributed by atoms with E-state index in [0.29, 0.717) is 18.6 Å². The smallest absolute Gasteiger partial charge is 0.276 e. The molecule has 0 atom stereocenters. The normalized spacial score (nSPS) is 13.5. The molecule has 1 N–H and O–H groups in total. The molecule has 0 spiro atoms. The van der Waals surface area contributed by atoms with E-state index < -0.39 is 0 Å². The van der Waals surface area contributed by atoms with Gasteiger partial charge >= 0.3 is 0 Å². The number of carbonyl (C=O) groups excluding carboxylic acids is 1. The van der Waals surface area contributed by atoms with Crippen molar-refractivity contribution in [1.29, 1.82) is 0 Å². The summed E-state index contributed by atoms with van der Waals surface area (Å²) in [5, 5.41) is 7.47. The fourth-order valence-corrected chi connectivity index (χ4v) is 3.76. The third-order valence-electron chi connectivity index (χ3n) is 5.19. The largest absolute Gasteiger partial charge is 0.352 e. The summed E-state index contributed by atoms with van der Waals surface area (Å²) >= 11 is 0. The first-order valence-electron chi connectivity index (χ1n) is 9.53. The van der Waals surface area contributed by atoms with E-state index in [1.54, 1.807) is 15.3 Å². The predicted molar refractivity (Wildman–Crippen MR) is 104 cm³/mol. The molecule has 0 saturated heterocycles. The quantitative estimate of drug-likeness (QED) is 0.756. The molecule has 6 heteroatoms. The Bertz CT molecular complexity index is 1050. The minimum absolute atomic E-state index is 0.0559. The summed E-state index contributed by atoms with van der Waals surface area (Å²) in [4.78, 5) is 25.0. The summed E-state index contributed by atoms with van der Waals surface area (Å²) in [5.41, 5.74) is 5.00. The van der Waals surface area contributed by atoms with E-state index in [9.17, 15) is 9.59 Å². The molecular formula is C21H24N4O2. The fraction of sp³-hybridized carbons (Fsp3) is 0.381. The second kappa shape index (κ2) is 7.39. The van der Waals surface area contributed by atoms with Crippen LogP contribution >= 0.6 is 0 Å². The monoisotopic (exact) mass is 364 g/mol. The molecule has 1 aliphatic carbocycles. The highest BCUT2D eigenvalue weighted by atomic mass is 16.2. The van der Waals surface area contributed by atoms with E-state index in [2.05, 4.69) is 16.5 Å². The average Bonchev–Trinajstić information content (AvgIpc) is 3.05. The molecule has 2 heterocycles. The van der Waals surface area contributed by atoms with Crippen molar-refractivity contribution < 1.29 is 4.79 Å². The van der Waals surface area contributed by atoms with E-state index in [0.717, 1.165) is 42.5 Å². The molecule has 0 fully saturated rings. The molecule has 0 bridgehead atoms. The van der Waals surface area contributed by atoms with Crippen LogP contribution in [0.25, 0.3) is 5.52 Å². The van der Waals surface area contributed by atoms with Gasteiger partial charge in [0, 0.05) is 37.5 Å². The summed E-state index contributed by atoms with van der Waals surface area (Å²) in [7, 11) is 0. The fourth-order valence-electron chi connectivity index (χ4n) is 3.76. The Kier molecular flexibility index (Phi) is 4.79. The number of aromatic nitrogens is 3.